The number of amides is 2. The van der Waals surface area contributed by atoms with Crippen LogP contribution in [0.15, 0.2) is 66.9 Å². The molecule has 0 aliphatic carbocycles. The molecule has 25 heavy (non-hydrogen) atoms. The number of benzene rings is 2. The summed E-state index contributed by atoms with van der Waals surface area (Å²) >= 11 is 0. The molecule has 0 atom stereocenters. The predicted molar refractivity (Wildman–Crippen MR) is 87.6 cm³/mol. The second-order valence-corrected chi connectivity index (χ2v) is 5.51. The molecule has 5 nitrogen and oxygen atoms in total. The maximum Gasteiger partial charge on any atom is 0.281 e. The molecule has 1 aliphatic heterocycles. The standard InChI is InChI=1S/C19H11FN2O3/c20-15-9-4-3-8-14(15)17(23)16-10-5-11-21(16)22-18(24)12-6-1-2-7-13(12)19(22)25/h1-11H. The fourth-order valence-corrected chi connectivity index (χ4v) is 2.88. The number of hydrogen-bond donors (Lipinski definition) is 0. The van der Waals surface area contributed by atoms with Crippen molar-refractivity contribution in [2.75, 3.05) is 5.01 Å². The van der Waals surface area contributed by atoms with E-state index in [1.807, 2.05) is 0 Å². The van der Waals surface area contributed by atoms with Gasteiger partial charge in [-0.3, -0.25) is 14.4 Å². The van der Waals surface area contributed by atoms with Crippen LogP contribution in [0.1, 0.15) is 36.8 Å². The van der Waals surface area contributed by atoms with Crippen LogP contribution >= 0.6 is 0 Å². The number of hydrogen-bond acceptors (Lipinski definition) is 3. The molecule has 0 bridgehead atoms. The van der Waals surface area contributed by atoms with Crippen LogP contribution < -0.4 is 5.01 Å². The Bertz CT molecular complexity index is 1000. The number of imide groups is 1. The van der Waals surface area contributed by atoms with Gasteiger partial charge >= 0.3 is 0 Å². The Morgan fingerprint density at radius 2 is 1.40 bits per heavy atom. The van der Waals surface area contributed by atoms with E-state index in [9.17, 15) is 18.8 Å². The summed E-state index contributed by atoms with van der Waals surface area (Å²) in [5, 5.41) is 0.888. The summed E-state index contributed by atoms with van der Waals surface area (Å²) in [4.78, 5) is 37.8. The molecular formula is C19H11FN2O3. The molecule has 0 saturated heterocycles. The molecule has 0 fully saturated rings. The van der Waals surface area contributed by atoms with E-state index < -0.39 is 23.4 Å². The van der Waals surface area contributed by atoms with Crippen molar-refractivity contribution in [2.24, 2.45) is 0 Å². The Balaban J connectivity index is 1.79. The maximum absolute atomic E-state index is 13.9. The summed E-state index contributed by atoms with van der Waals surface area (Å²) in [6, 6.07) is 15.0. The zero-order valence-electron chi connectivity index (χ0n) is 12.8. The van der Waals surface area contributed by atoms with E-state index in [1.54, 1.807) is 30.3 Å². The molecule has 1 aromatic heterocycles. The van der Waals surface area contributed by atoms with Gasteiger partial charge in [-0.2, -0.15) is 5.01 Å². The number of halogens is 1. The minimum absolute atomic E-state index is 0.0274. The Labute approximate surface area is 141 Å². The lowest BCUT2D eigenvalue weighted by molar-refractivity contribution is 0.0884. The summed E-state index contributed by atoms with van der Waals surface area (Å²) in [6.45, 7) is 0. The second-order valence-electron chi connectivity index (χ2n) is 5.51. The Kier molecular flexibility index (Phi) is 3.32. The molecule has 2 aromatic carbocycles. The van der Waals surface area contributed by atoms with E-state index in [0.717, 1.165) is 5.01 Å². The smallest absolute Gasteiger partial charge is 0.281 e. The van der Waals surface area contributed by atoms with Crippen LogP contribution in [0.4, 0.5) is 4.39 Å². The van der Waals surface area contributed by atoms with Gasteiger partial charge in [0.1, 0.15) is 11.5 Å². The van der Waals surface area contributed by atoms with E-state index in [2.05, 4.69) is 0 Å². The lowest BCUT2D eigenvalue weighted by Crippen LogP contribution is -2.41. The molecule has 0 N–H and O–H groups in total. The van der Waals surface area contributed by atoms with Gasteiger partial charge in [0.15, 0.2) is 0 Å². The van der Waals surface area contributed by atoms with Crippen molar-refractivity contribution in [3.63, 3.8) is 0 Å². The van der Waals surface area contributed by atoms with Gasteiger partial charge in [0.25, 0.3) is 11.8 Å². The molecule has 6 heteroatoms. The van der Waals surface area contributed by atoms with Crippen LogP contribution in [0.25, 0.3) is 0 Å². The van der Waals surface area contributed by atoms with Gasteiger partial charge in [0.05, 0.1) is 16.7 Å². The molecule has 2 amide bonds. The topological polar surface area (TPSA) is 59.4 Å². The monoisotopic (exact) mass is 334 g/mol. The molecule has 0 saturated carbocycles. The molecule has 3 aromatic rings. The first-order valence-corrected chi connectivity index (χ1v) is 7.54. The summed E-state index contributed by atoms with van der Waals surface area (Å²) in [5.41, 5.74) is 0.439. The third kappa shape index (κ3) is 2.19. The molecule has 122 valence electrons. The Morgan fingerprint density at radius 1 is 0.800 bits per heavy atom. The van der Waals surface area contributed by atoms with Crippen LogP contribution in [-0.2, 0) is 0 Å². The predicted octanol–water partition coefficient (Wildman–Crippen LogP) is 2.79. The average molecular weight is 334 g/mol. The van der Waals surface area contributed by atoms with Crippen molar-refractivity contribution < 1.29 is 18.8 Å². The lowest BCUT2D eigenvalue weighted by atomic mass is 10.1. The highest BCUT2D eigenvalue weighted by Crippen LogP contribution is 2.23. The Hall–Kier alpha value is -3.54. The second kappa shape index (κ2) is 5.52. The van der Waals surface area contributed by atoms with Crippen molar-refractivity contribution >= 4 is 17.6 Å². The molecule has 0 spiro atoms. The van der Waals surface area contributed by atoms with Crippen LogP contribution in [-0.4, -0.2) is 22.3 Å². The SMILES string of the molecule is O=C(c1ccccc1F)c1cccn1N1C(=O)c2ccccc2C1=O. The largest absolute Gasteiger partial charge is 0.287 e. The van der Waals surface area contributed by atoms with E-state index >= 15 is 0 Å². The molecule has 0 unspecified atom stereocenters. The molecule has 1 aliphatic rings. The highest BCUT2D eigenvalue weighted by molar-refractivity contribution is 6.31. The normalized spacial score (nSPS) is 13.2. The van der Waals surface area contributed by atoms with Crippen LogP contribution in [0, 0.1) is 5.82 Å². The number of fused-ring (bicyclic) bond motifs is 1. The van der Waals surface area contributed by atoms with E-state index in [0.29, 0.717) is 0 Å². The summed E-state index contributed by atoms with van der Waals surface area (Å²) < 4.78 is 15.1. The molecular weight excluding hydrogens is 323 g/mol. The fraction of sp³-hybridized carbons (Fsp3) is 0. The van der Waals surface area contributed by atoms with Gasteiger partial charge in [-0.05, 0) is 36.4 Å². The van der Waals surface area contributed by atoms with E-state index in [1.165, 1.54) is 41.2 Å². The highest BCUT2D eigenvalue weighted by Gasteiger charge is 2.38. The molecule has 2 heterocycles. The zero-order valence-corrected chi connectivity index (χ0v) is 12.8. The van der Waals surface area contributed by atoms with Gasteiger partial charge in [0.2, 0.25) is 5.78 Å². The lowest BCUT2D eigenvalue weighted by Gasteiger charge is -2.18. The van der Waals surface area contributed by atoms with Gasteiger partial charge in [-0.25, -0.2) is 9.07 Å². The van der Waals surface area contributed by atoms with Crippen molar-refractivity contribution in [1.29, 1.82) is 0 Å². The summed E-state index contributed by atoms with van der Waals surface area (Å²) in [6.07, 6.45) is 1.43. The van der Waals surface area contributed by atoms with Gasteiger partial charge in [0, 0.05) is 6.20 Å². The van der Waals surface area contributed by atoms with Crippen LogP contribution in [0.5, 0.6) is 0 Å². The van der Waals surface area contributed by atoms with Gasteiger partial charge in [-0.15, -0.1) is 0 Å². The summed E-state index contributed by atoms with van der Waals surface area (Å²) in [7, 11) is 0. The van der Waals surface area contributed by atoms with Crippen molar-refractivity contribution in [3.05, 3.63) is 95.1 Å². The third-order valence-corrected chi connectivity index (χ3v) is 4.07. The van der Waals surface area contributed by atoms with Crippen LogP contribution in [0.2, 0.25) is 0 Å². The number of rotatable bonds is 3. The first-order chi connectivity index (χ1) is 12.1. The van der Waals surface area contributed by atoms with Gasteiger partial charge < -0.3 is 0 Å². The van der Waals surface area contributed by atoms with Crippen molar-refractivity contribution in [1.82, 2.24) is 4.68 Å². The number of nitrogens with zero attached hydrogens (tertiary/aromatic N) is 2. The maximum atomic E-state index is 13.9. The third-order valence-electron chi connectivity index (χ3n) is 4.07. The average Bonchev–Trinajstić information content (AvgIpc) is 3.19. The molecule has 4 rings (SSSR count). The van der Waals surface area contributed by atoms with Crippen LogP contribution in [0.3, 0.4) is 0 Å². The zero-order chi connectivity index (χ0) is 17.6. The Morgan fingerprint density at radius 3 is 2.04 bits per heavy atom. The summed E-state index contributed by atoms with van der Waals surface area (Å²) in [5.74, 6) is -2.33. The minimum Gasteiger partial charge on any atom is -0.287 e. The number of carbonyl (C=O) groups is 3. The highest BCUT2D eigenvalue weighted by atomic mass is 19.1. The molecule has 0 radical (unpaired) electrons. The number of aromatic nitrogens is 1. The number of ketones is 1. The van der Waals surface area contributed by atoms with E-state index in [-0.39, 0.29) is 22.4 Å². The van der Waals surface area contributed by atoms with Gasteiger partial charge in [-0.1, -0.05) is 24.3 Å². The van der Waals surface area contributed by atoms with Crippen molar-refractivity contribution in [2.45, 2.75) is 0 Å². The minimum atomic E-state index is -0.664. The quantitative estimate of drug-likeness (QED) is 0.547. The van der Waals surface area contributed by atoms with E-state index in [4.69, 9.17) is 0 Å². The van der Waals surface area contributed by atoms with Crippen molar-refractivity contribution in [3.8, 4) is 0 Å². The first-order valence-electron chi connectivity index (χ1n) is 7.54. The number of carbonyl (C=O) groups excluding carboxylic acids is 3. The fourth-order valence-electron chi connectivity index (χ4n) is 2.88. The first kappa shape index (κ1) is 15.0.